The Morgan fingerprint density at radius 3 is 2.86 bits per heavy atom. The molecule has 6 nitrogen and oxygen atoms in total. The lowest BCUT2D eigenvalue weighted by Gasteiger charge is -2.05. The van der Waals surface area contributed by atoms with Crippen molar-refractivity contribution in [1.29, 1.82) is 0 Å². The zero-order chi connectivity index (χ0) is 14.7. The first-order chi connectivity index (χ1) is 10.3. The Hall–Kier alpha value is -2.37. The fraction of sp³-hybridized carbons (Fsp3) is 0.400. The maximum Gasteiger partial charge on any atom is 0.223 e. The van der Waals surface area contributed by atoms with Crippen LogP contribution in [0.2, 0.25) is 0 Å². The normalized spacial score (nSPS) is 17.8. The van der Waals surface area contributed by atoms with Crippen LogP contribution in [-0.4, -0.2) is 34.6 Å². The van der Waals surface area contributed by atoms with E-state index in [2.05, 4.69) is 15.6 Å². The summed E-state index contributed by atoms with van der Waals surface area (Å²) in [5.41, 5.74) is 1.83. The molecule has 21 heavy (non-hydrogen) atoms. The highest BCUT2D eigenvalue weighted by Crippen LogP contribution is 2.20. The standard InChI is InChI=1S/C15H18N4O2/c1-21-13-4-2-11(3-5-13)14-10-19(18-17-14)9-7-12-6-8-16-15(12)20/h2-5,10,12H,6-9H2,1H3,(H,16,20). The third-order valence-electron chi connectivity index (χ3n) is 3.79. The van der Waals surface area contributed by atoms with Crippen molar-refractivity contribution in [3.63, 3.8) is 0 Å². The van der Waals surface area contributed by atoms with E-state index in [-0.39, 0.29) is 11.8 Å². The van der Waals surface area contributed by atoms with Crippen LogP contribution in [0.3, 0.4) is 0 Å². The number of carbonyl (C=O) groups excluding carboxylic acids is 1. The monoisotopic (exact) mass is 286 g/mol. The Morgan fingerprint density at radius 1 is 1.38 bits per heavy atom. The number of amides is 1. The molecule has 1 atom stereocenters. The van der Waals surface area contributed by atoms with Crippen molar-refractivity contribution in [3.05, 3.63) is 30.5 Å². The van der Waals surface area contributed by atoms with Gasteiger partial charge in [0.2, 0.25) is 5.91 Å². The van der Waals surface area contributed by atoms with Crippen molar-refractivity contribution in [2.75, 3.05) is 13.7 Å². The minimum Gasteiger partial charge on any atom is -0.497 e. The van der Waals surface area contributed by atoms with Crippen LogP contribution in [0.5, 0.6) is 5.75 Å². The second-order valence-electron chi connectivity index (χ2n) is 5.16. The Bertz CT molecular complexity index is 621. The molecule has 0 spiro atoms. The molecule has 1 aliphatic rings. The fourth-order valence-corrected chi connectivity index (χ4v) is 2.51. The molecule has 110 valence electrons. The summed E-state index contributed by atoms with van der Waals surface area (Å²) in [6.07, 6.45) is 3.63. The van der Waals surface area contributed by atoms with Crippen LogP contribution < -0.4 is 10.1 Å². The van der Waals surface area contributed by atoms with Gasteiger partial charge in [0.15, 0.2) is 0 Å². The summed E-state index contributed by atoms with van der Waals surface area (Å²) in [7, 11) is 1.64. The number of benzene rings is 1. The van der Waals surface area contributed by atoms with Crippen molar-refractivity contribution < 1.29 is 9.53 Å². The SMILES string of the molecule is COc1ccc(-c2cn(CCC3CCNC3=O)nn2)cc1. The summed E-state index contributed by atoms with van der Waals surface area (Å²) >= 11 is 0. The van der Waals surface area contributed by atoms with E-state index in [1.807, 2.05) is 30.5 Å². The van der Waals surface area contributed by atoms with E-state index in [4.69, 9.17) is 4.74 Å². The Kier molecular flexibility index (Phi) is 3.85. The molecular weight excluding hydrogens is 268 g/mol. The van der Waals surface area contributed by atoms with Gasteiger partial charge in [-0.15, -0.1) is 5.10 Å². The Balaban J connectivity index is 1.63. The number of methoxy groups -OCH3 is 1. The third kappa shape index (κ3) is 3.04. The van der Waals surface area contributed by atoms with Crippen LogP contribution in [0.25, 0.3) is 11.3 Å². The van der Waals surface area contributed by atoms with E-state index in [1.54, 1.807) is 11.8 Å². The summed E-state index contributed by atoms with van der Waals surface area (Å²) in [5.74, 6) is 1.09. The number of aromatic nitrogens is 3. The number of aryl methyl sites for hydroxylation is 1. The van der Waals surface area contributed by atoms with Gasteiger partial charge in [0.25, 0.3) is 0 Å². The summed E-state index contributed by atoms with van der Waals surface area (Å²) in [6, 6.07) is 7.71. The predicted molar refractivity (Wildman–Crippen MR) is 77.7 cm³/mol. The minimum absolute atomic E-state index is 0.110. The molecular formula is C15H18N4O2. The van der Waals surface area contributed by atoms with Gasteiger partial charge in [-0.25, -0.2) is 0 Å². The molecule has 1 saturated heterocycles. The number of rotatable bonds is 5. The first-order valence-electron chi connectivity index (χ1n) is 7.08. The van der Waals surface area contributed by atoms with Crippen LogP contribution >= 0.6 is 0 Å². The third-order valence-corrected chi connectivity index (χ3v) is 3.79. The molecule has 0 aliphatic carbocycles. The number of carbonyl (C=O) groups is 1. The lowest BCUT2D eigenvalue weighted by atomic mass is 10.0. The molecule has 1 N–H and O–H groups in total. The van der Waals surface area contributed by atoms with Gasteiger partial charge in [0.05, 0.1) is 13.3 Å². The number of hydrogen-bond donors (Lipinski definition) is 1. The summed E-state index contributed by atoms with van der Waals surface area (Å²) < 4.78 is 6.93. The van der Waals surface area contributed by atoms with Gasteiger partial charge >= 0.3 is 0 Å². The lowest BCUT2D eigenvalue weighted by Crippen LogP contribution is -2.20. The van der Waals surface area contributed by atoms with E-state index < -0.39 is 0 Å². The molecule has 6 heteroatoms. The number of nitrogens with one attached hydrogen (secondary N) is 1. The van der Waals surface area contributed by atoms with E-state index in [0.29, 0.717) is 6.54 Å². The molecule has 2 aromatic rings. The highest BCUT2D eigenvalue weighted by molar-refractivity contribution is 5.80. The number of ether oxygens (including phenoxy) is 1. The van der Waals surface area contributed by atoms with Crippen molar-refractivity contribution in [2.24, 2.45) is 5.92 Å². The molecule has 1 unspecified atom stereocenters. The van der Waals surface area contributed by atoms with Crippen LogP contribution in [0.1, 0.15) is 12.8 Å². The topological polar surface area (TPSA) is 69.0 Å². The second kappa shape index (κ2) is 5.95. The summed E-state index contributed by atoms with van der Waals surface area (Å²) in [4.78, 5) is 11.5. The zero-order valence-electron chi connectivity index (χ0n) is 12.0. The summed E-state index contributed by atoms with van der Waals surface area (Å²) in [6.45, 7) is 1.50. The number of nitrogens with zero attached hydrogens (tertiary/aromatic N) is 3. The largest absolute Gasteiger partial charge is 0.497 e. The lowest BCUT2D eigenvalue weighted by molar-refractivity contribution is -0.122. The molecule has 1 amide bonds. The zero-order valence-corrected chi connectivity index (χ0v) is 12.0. The van der Waals surface area contributed by atoms with Crippen LogP contribution in [-0.2, 0) is 11.3 Å². The van der Waals surface area contributed by atoms with Gasteiger partial charge in [-0.3, -0.25) is 9.48 Å². The minimum atomic E-state index is 0.110. The average Bonchev–Trinajstić information content (AvgIpc) is 3.14. The predicted octanol–water partition coefficient (Wildman–Crippen LogP) is 1.48. The van der Waals surface area contributed by atoms with Gasteiger partial charge < -0.3 is 10.1 Å². The Morgan fingerprint density at radius 2 is 2.19 bits per heavy atom. The van der Waals surface area contributed by atoms with Crippen molar-refractivity contribution in [2.45, 2.75) is 19.4 Å². The van der Waals surface area contributed by atoms with Crippen molar-refractivity contribution in [3.8, 4) is 17.0 Å². The molecule has 3 rings (SSSR count). The van der Waals surface area contributed by atoms with Gasteiger partial charge in [0.1, 0.15) is 11.4 Å². The van der Waals surface area contributed by atoms with Crippen molar-refractivity contribution >= 4 is 5.91 Å². The number of hydrogen-bond acceptors (Lipinski definition) is 4. The van der Waals surface area contributed by atoms with Gasteiger partial charge in [-0.2, -0.15) is 0 Å². The molecule has 0 bridgehead atoms. The molecule has 2 heterocycles. The summed E-state index contributed by atoms with van der Waals surface area (Å²) in [5, 5.41) is 11.2. The highest BCUT2D eigenvalue weighted by atomic mass is 16.5. The molecule has 0 saturated carbocycles. The van der Waals surface area contributed by atoms with E-state index >= 15 is 0 Å². The molecule has 1 aromatic heterocycles. The van der Waals surface area contributed by atoms with Crippen LogP contribution in [0.4, 0.5) is 0 Å². The van der Waals surface area contributed by atoms with Crippen LogP contribution in [0, 0.1) is 5.92 Å². The van der Waals surface area contributed by atoms with Crippen LogP contribution in [0.15, 0.2) is 30.5 Å². The molecule has 1 aliphatic heterocycles. The maximum absolute atomic E-state index is 11.5. The van der Waals surface area contributed by atoms with Gasteiger partial charge in [0, 0.05) is 24.6 Å². The highest BCUT2D eigenvalue weighted by Gasteiger charge is 2.23. The van der Waals surface area contributed by atoms with Crippen molar-refractivity contribution in [1.82, 2.24) is 20.3 Å². The quantitative estimate of drug-likeness (QED) is 0.904. The molecule has 0 radical (unpaired) electrons. The second-order valence-corrected chi connectivity index (χ2v) is 5.16. The van der Waals surface area contributed by atoms with Gasteiger partial charge in [-0.1, -0.05) is 5.21 Å². The molecule has 1 aromatic carbocycles. The first-order valence-corrected chi connectivity index (χ1v) is 7.08. The molecule has 1 fully saturated rings. The smallest absolute Gasteiger partial charge is 0.223 e. The Labute approximate surface area is 123 Å². The van der Waals surface area contributed by atoms with E-state index in [9.17, 15) is 4.79 Å². The maximum atomic E-state index is 11.5. The average molecular weight is 286 g/mol. The van der Waals surface area contributed by atoms with Gasteiger partial charge in [-0.05, 0) is 37.1 Å². The van der Waals surface area contributed by atoms with E-state index in [0.717, 1.165) is 36.4 Å². The first kappa shape index (κ1) is 13.6. The van der Waals surface area contributed by atoms with E-state index in [1.165, 1.54) is 0 Å². The fourth-order valence-electron chi connectivity index (χ4n) is 2.51.